The molecule has 1 N–H and O–H groups in total. The Balaban J connectivity index is 2.53. The largest absolute Gasteiger partial charge is 0.316 e. The van der Waals surface area contributed by atoms with Gasteiger partial charge >= 0.3 is 0 Å². The molecule has 0 radical (unpaired) electrons. The first kappa shape index (κ1) is 18.0. The van der Waals surface area contributed by atoms with Crippen molar-refractivity contribution in [3.63, 3.8) is 0 Å². The van der Waals surface area contributed by atoms with Crippen LogP contribution in [0.2, 0.25) is 0 Å². The Morgan fingerprint density at radius 2 is 1.70 bits per heavy atom. The fourth-order valence-electron chi connectivity index (χ4n) is 3.74. The maximum Gasteiger partial charge on any atom is 0.00501 e. The van der Waals surface area contributed by atoms with Gasteiger partial charge in [0.1, 0.15) is 0 Å². The molecule has 0 aromatic carbocycles. The zero-order chi connectivity index (χ0) is 14.8. The first-order chi connectivity index (χ1) is 9.69. The predicted molar refractivity (Wildman–Crippen MR) is 90.2 cm³/mol. The number of hydrogen-bond donors (Lipinski definition) is 1. The highest BCUT2D eigenvalue weighted by Crippen LogP contribution is 2.38. The first-order valence-corrected chi connectivity index (χ1v) is 9.12. The molecule has 0 amide bonds. The number of hydrogen-bond acceptors (Lipinski definition) is 2. The molecule has 0 atom stereocenters. The Kier molecular flexibility index (Phi) is 8.79. The van der Waals surface area contributed by atoms with Crippen LogP contribution in [0.5, 0.6) is 0 Å². The van der Waals surface area contributed by atoms with Crippen molar-refractivity contribution in [1.29, 1.82) is 0 Å². The molecule has 0 heterocycles. The van der Waals surface area contributed by atoms with E-state index in [1.807, 2.05) is 0 Å². The molecule has 1 saturated carbocycles. The minimum Gasteiger partial charge on any atom is -0.316 e. The highest BCUT2D eigenvalue weighted by atomic mass is 15.1. The van der Waals surface area contributed by atoms with Crippen molar-refractivity contribution in [1.82, 2.24) is 10.2 Å². The summed E-state index contributed by atoms with van der Waals surface area (Å²) in [5.74, 6) is 0.886. The van der Waals surface area contributed by atoms with Gasteiger partial charge in [0.25, 0.3) is 0 Å². The lowest BCUT2D eigenvalue weighted by molar-refractivity contribution is 0.134. The third-order valence-corrected chi connectivity index (χ3v) is 5.27. The van der Waals surface area contributed by atoms with Crippen molar-refractivity contribution in [2.45, 2.75) is 72.6 Å². The molecule has 1 aliphatic rings. The van der Waals surface area contributed by atoms with Crippen LogP contribution in [0.3, 0.4) is 0 Å². The standard InChI is InChI=1S/C18H38N2/c1-5-13-19-15-18(11-9-10-12-18)16-20(8-4)14-17(6-2)7-3/h17,19H,5-16H2,1-4H3. The summed E-state index contributed by atoms with van der Waals surface area (Å²) in [6, 6.07) is 0. The van der Waals surface area contributed by atoms with Gasteiger partial charge in [-0.3, -0.25) is 0 Å². The molecule has 0 spiro atoms. The fourth-order valence-corrected chi connectivity index (χ4v) is 3.74. The van der Waals surface area contributed by atoms with Crippen LogP contribution in [0.4, 0.5) is 0 Å². The highest BCUT2D eigenvalue weighted by molar-refractivity contribution is 4.89. The Morgan fingerprint density at radius 1 is 1.05 bits per heavy atom. The number of rotatable bonds is 11. The van der Waals surface area contributed by atoms with E-state index in [0.717, 1.165) is 5.92 Å². The lowest BCUT2D eigenvalue weighted by Gasteiger charge is -2.36. The van der Waals surface area contributed by atoms with Crippen LogP contribution in [0.1, 0.15) is 72.6 Å². The maximum absolute atomic E-state index is 3.70. The second-order valence-corrected chi connectivity index (χ2v) is 6.89. The number of nitrogens with one attached hydrogen (secondary N) is 1. The van der Waals surface area contributed by atoms with Crippen LogP contribution < -0.4 is 5.32 Å². The van der Waals surface area contributed by atoms with Crippen molar-refractivity contribution in [3.8, 4) is 0 Å². The van der Waals surface area contributed by atoms with Gasteiger partial charge in [-0.25, -0.2) is 0 Å². The molecule has 1 fully saturated rings. The van der Waals surface area contributed by atoms with E-state index in [4.69, 9.17) is 0 Å². The van der Waals surface area contributed by atoms with E-state index >= 15 is 0 Å². The van der Waals surface area contributed by atoms with Crippen molar-refractivity contribution in [3.05, 3.63) is 0 Å². The van der Waals surface area contributed by atoms with E-state index in [9.17, 15) is 0 Å². The Morgan fingerprint density at radius 3 is 2.20 bits per heavy atom. The van der Waals surface area contributed by atoms with Crippen LogP contribution in [-0.2, 0) is 0 Å². The summed E-state index contributed by atoms with van der Waals surface area (Å²) < 4.78 is 0. The van der Waals surface area contributed by atoms with E-state index in [1.165, 1.54) is 77.7 Å². The zero-order valence-corrected chi connectivity index (χ0v) is 14.5. The Hall–Kier alpha value is -0.0800. The van der Waals surface area contributed by atoms with Crippen LogP contribution in [0, 0.1) is 11.3 Å². The lowest BCUT2D eigenvalue weighted by atomic mass is 9.85. The Bertz CT molecular complexity index is 230. The molecule has 0 aromatic rings. The van der Waals surface area contributed by atoms with E-state index in [0.29, 0.717) is 5.41 Å². The van der Waals surface area contributed by atoms with Crippen LogP contribution in [0.15, 0.2) is 0 Å². The van der Waals surface area contributed by atoms with Crippen LogP contribution in [0.25, 0.3) is 0 Å². The molecule has 1 rings (SSSR count). The van der Waals surface area contributed by atoms with Gasteiger partial charge in [-0.05, 0) is 43.7 Å². The van der Waals surface area contributed by atoms with Crippen LogP contribution >= 0.6 is 0 Å². The van der Waals surface area contributed by atoms with E-state index in [2.05, 4.69) is 37.9 Å². The molecule has 0 unspecified atom stereocenters. The summed E-state index contributed by atoms with van der Waals surface area (Å²) >= 11 is 0. The topological polar surface area (TPSA) is 15.3 Å². The molecule has 0 bridgehead atoms. The summed E-state index contributed by atoms with van der Waals surface area (Å²) in [6.07, 6.45) is 9.66. The highest BCUT2D eigenvalue weighted by Gasteiger charge is 2.35. The SMILES string of the molecule is CCCNCC1(CN(CC)CC(CC)CC)CCCC1. The van der Waals surface area contributed by atoms with Gasteiger partial charge in [-0.1, -0.05) is 53.4 Å². The van der Waals surface area contributed by atoms with Gasteiger partial charge in [0.2, 0.25) is 0 Å². The van der Waals surface area contributed by atoms with Gasteiger partial charge in [0.05, 0.1) is 0 Å². The maximum atomic E-state index is 3.70. The molecule has 0 aromatic heterocycles. The van der Waals surface area contributed by atoms with Gasteiger partial charge in [-0.2, -0.15) is 0 Å². The molecule has 120 valence electrons. The third kappa shape index (κ3) is 5.73. The second kappa shape index (κ2) is 9.78. The van der Waals surface area contributed by atoms with Crippen LogP contribution in [-0.4, -0.2) is 37.6 Å². The average molecular weight is 283 g/mol. The van der Waals surface area contributed by atoms with E-state index < -0.39 is 0 Å². The molecule has 0 saturated heterocycles. The molecular weight excluding hydrogens is 244 g/mol. The van der Waals surface area contributed by atoms with Crippen molar-refractivity contribution in [2.24, 2.45) is 11.3 Å². The molecule has 2 heteroatoms. The monoisotopic (exact) mass is 282 g/mol. The molecule has 0 aliphatic heterocycles. The fraction of sp³-hybridized carbons (Fsp3) is 1.00. The summed E-state index contributed by atoms with van der Waals surface area (Å²) in [4.78, 5) is 2.73. The summed E-state index contributed by atoms with van der Waals surface area (Å²) in [7, 11) is 0. The number of nitrogens with zero attached hydrogens (tertiary/aromatic N) is 1. The van der Waals surface area contributed by atoms with Crippen molar-refractivity contribution < 1.29 is 0 Å². The Labute approximate surface area is 127 Å². The smallest absolute Gasteiger partial charge is 0.00501 e. The van der Waals surface area contributed by atoms with Crippen molar-refractivity contribution in [2.75, 3.05) is 32.7 Å². The summed E-state index contributed by atoms with van der Waals surface area (Å²) in [5.41, 5.74) is 0.567. The van der Waals surface area contributed by atoms with E-state index in [-0.39, 0.29) is 0 Å². The lowest BCUT2D eigenvalue weighted by Crippen LogP contribution is -2.44. The second-order valence-electron chi connectivity index (χ2n) is 6.89. The molecular formula is C18H38N2. The van der Waals surface area contributed by atoms with Gasteiger partial charge in [0, 0.05) is 19.6 Å². The summed E-state index contributed by atoms with van der Waals surface area (Å²) in [5, 5.41) is 3.70. The minimum atomic E-state index is 0.567. The zero-order valence-electron chi connectivity index (χ0n) is 14.5. The predicted octanol–water partition coefficient (Wildman–Crippen LogP) is 4.30. The van der Waals surface area contributed by atoms with Gasteiger partial charge in [-0.15, -0.1) is 0 Å². The quantitative estimate of drug-likeness (QED) is 0.568. The summed E-state index contributed by atoms with van der Waals surface area (Å²) in [6.45, 7) is 15.5. The molecule has 1 aliphatic carbocycles. The molecule has 20 heavy (non-hydrogen) atoms. The third-order valence-electron chi connectivity index (χ3n) is 5.27. The van der Waals surface area contributed by atoms with Gasteiger partial charge in [0.15, 0.2) is 0 Å². The molecule has 2 nitrogen and oxygen atoms in total. The van der Waals surface area contributed by atoms with Gasteiger partial charge < -0.3 is 10.2 Å². The first-order valence-electron chi connectivity index (χ1n) is 9.12. The van der Waals surface area contributed by atoms with E-state index in [1.54, 1.807) is 0 Å². The normalized spacial score (nSPS) is 18.3. The average Bonchev–Trinajstić information content (AvgIpc) is 2.92. The minimum absolute atomic E-state index is 0.567. The van der Waals surface area contributed by atoms with Crippen molar-refractivity contribution >= 4 is 0 Å².